The van der Waals surface area contributed by atoms with Crippen molar-refractivity contribution in [1.82, 2.24) is 0 Å². The monoisotopic (exact) mass is 271 g/mol. The van der Waals surface area contributed by atoms with Crippen LogP contribution in [0.5, 0.6) is 5.75 Å². The van der Waals surface area contributed by atoms with Crippen LogP contribution in [0, 0.1) is 0 Å². The van der Waals surface area contributed by atoms with Gasteiger partial charge in [0.15, 0.2) is 0 Å². The van der Waals surface area contributed by atoms with Crippen molar-refractivity contribution in [3.8, 4) is 5.75 Å². The summed E-state index contributed by atoms with van der Waals surface area (Å²) in [7, 11) is 1.63. The minimum absolute atomic E-state index is 0.0289. The molecule has 1 aromatic carbocycles. The summed E-state index contributed by atoms with van der Waals surface area (Å²) >= 11 is 7.99. The molecule has 0 spiro atoms. The third kappa shape index (κ3) is 2.56. The summed E-state index contributed by atoms with van der Waals surface area (Å²) in [5.74, 6) is 1.90. The van der Waals surface area contributed by atoms with Crippen molar-refractivity contribution >= 4 is 23.4 Å². The molecule has 2 nitrogen and oxygen atoms in total. The highest BCUT2D eigenvalue weighted by Crippen LogP contribution is 2.46. The molecule has 1 aromatic rings. The Balaban J connectivity index is 2.27. The van der Waals surface area contributed by atoms with Crippen molar-refractivity contribution in [2.75, 3.05) is 12.9 Å². The Morgan fingerprint density at radius 2 is 2.29 bits per heavy atom. The van der Waals surface area contributed by atoms with Crippen LogP contribution in [-0.4, -0.2) is 17.6 Å². The molecule has 2 atom stereocenters. The minimum Gasteiger partial charge on any atom is -0.495 e. The van der Waals surface area contributed by atoms with E-state index in [1.54, 1.807) is 7.11 Å². The van der Waals surface area contributed by atoms with Gasteiger partial charge < -0.3 is 10.5 Å². The predicted molar refractivity (Wildman–Crippen MR) is 75.0 cm³/mol. The number of nitrogens with two attached hydrogens (primary N) is 1. The molecule has 2 rings (SSSR count). The molecule has 1 aliphatic heterocycles. The van der Waals surface area contributed by atoms with E-state index >= 15 is 0 Å². The summed E-state index contributed by atoms with van der Waals surface area (Å²) in [6.45, 7) is 2.25. The lowest BCUT2D eigenvalue weighted by Gasteiger charge is -2.30. The van der Waals surface area contributed by atoms with Crippen LogP contribution in [-0.2, 0) is 0 Å². The van der Waals surface area contributed by atoms with Gasteiger partial charge in [0.2, 0.25) is 0 Å². The molecule has 1 aliphatic rings. The zero-order valence-electron chi connectivity index (χ0n) is 10.2. The van der Waals surface area contributed by atoms with Crippen molar-refractivity contribution in [3.05, 3.63) is 28.8 Å². The van der Waals surface area contributed by atoms with E-state index in [1.165, 1.54) is 18.6 Å². The summed E-state index contributed by atoms with van der Waals surface area (Å²) in [6.07, 6.45) is 2.42. The lowest BCUT2D eigenvalue weighted by molar-refractivity contribution is 0.412. The quantitative estimate of drug-likeness (QED) is 0.912. The Morgan fingerprint density at radius 3 is 2.88 bits per heavy atom. The largest absolute Gasteiger partial charge is 0.495 e. The van der Waals surface area contributed by atoms with Gasteiger partial charge in [0.1, 0.15) is 5.75 Å². The highest BCUT2D eigenvalue weighted by molar-refractivity contribution is 8.00. The smallest absolute Gasteiger partial charge is 0.137 e. The lowest BCUT2D eigenvalue weighted by atomic mass is 9.91. The maximum absolute atomic E-state index is 6.39. The van der Waals surface area contributed by atoms with Gasteiger partial charge in [0.05, 0.1) is 12.1 Å². The molecular weight excluding hydrogens is 254 g/mol. The predicted octanol–water partition coefficient (Wildman–Crippen LogP) is 3.63. The molecule has 0 radical (unpaired) electrons. The molecule has 94 valence electrons. The van der Waals surface area contributed by atoms with E-state index in [0.717, 1.165) is 5.56 Å². The fraction of sp³-hybridized carbons (Fsp3) is 0.538. The summed E-state index contributed by atoms with van der Waals surface area (Å²) in [4.78, 5) is 0. The molecule has 2 unspecified atom stereocenters. The average Bonchev–Trinajstić information content (AvgIpc) is 2.77. The van der Waals surface area contributed by atoms with E-state index in [0.29, 0.717) is 10.8 Å². The van der Waals surface area contributed by atoms with Gasteiger partial charge in [-0.3, -0.25) is 0 Å². The van der Waals surface area contributed by atoms with E-state index < -0.39 is 0 Å². The molecule has 17 heavy (non-hydrogen) atoms. The third-order valence-corrected chi connectivity index (χ3v) is 5.36. The molecule has 1 heterocycles. The second-order valence-electron chi connectivity index (χ2n) is 4.64. The molecule has 2 N–H and O–H groups in total. The highest BCUT2D eigenvalue weighted by Gasteiger charge is 2.36. The number of rotatable bonds is 3. The molecule has 0 saturated carbocycles. The van der Waals surface area contributed by atoms with E-state index in [1.807, 2.05) is 30.0 Å². The first-order valence-electron chi connectivity index (χ1n) is 5.80. The standard InChI is InChI=1S/C13H18ClNOS/c1-13(6-3-7-17-13)12(15)9-4-5-10(14)11(8-9)16-2/h4-5,8,12H,3,6-7,15H2,1-2H3. The van der Waals surface area contributed by atoms with Gasteiger partial charge in [-0.1, -0.05) is 17.7 Å². The summed E-state index contributed by atoms with van der Waals surface area (Å²) in [5, 5.41) is 0.632. The van der Waals surface area contributed by atoms with Gasteiger partial charge in [-0.05, 0) is 43.2 Å². The maximum atomic E-state index is 6.39. The molecule has 0 aliphatic carbocycles. The highest BCUT2D eigenvalue weighted by atomic mass is 35.5. The van der Waals surface area contributed by atoms with Gasteiger partial charge in [-0.2, -0.15) is 11.8 Å². The fourth-order valence-electron chi connectivity index (χ4n) is 2.27. The number of hydrogen-bond acceptors (Lipinski definition) is 3. The zero-order valence-corrected chi connectivity index (χ0v) is 11.8. The molecule has 0 aromatic heterocycles. The minimum atomic E-state index is 0.0289. The SMILES string of the molecule is COc1cc(C(N)C2(C)CCCS2)ccc1Cl. The fourth-order valence-corrected chi connectivity index (χ4v) is 3.82. The summed E-state index contributed by atoms with van der Waals surface area (Å²) in [6, 6.07) is 5.84. The number of benzene rings is 1. The van der Waals surface area contributed by atoms with Crippen molar-refractivity contribution in [1.29, 1.82) is 0 Å². The van der Waals surface area contributed by atoms with Crippen molar-refractivity contribution in [2.45, 2.75) is 30.6 Å². The summed E-state index contributed by atoms with van der Waals surface area (Å²) < 4.78 is 5.37. The Labute approximate surface area is 112 Å². The Hall–Kier alpha value is -0.380. The van der Waals surface area contributed by atoms with E-state index in [9.17, 15) is 0 Å². The number of methoxy groups -OCH3 is 1. The van der Waals surface area contributed by atoms with Crippen LogP contribution in [0.1, 0.15) is 31.4 Å². The number of thioether (sulfide) groups is 1. The number of ether oxygens (including phenoxy) is 1. The van der Waals surface area contributed by atoms with Crippen LogP contribution in [0.4, 0.5) is 0 Å². The first-order valence-corrected chi connectivity index (χ1v) is 7.16. The van der Waals surface area contributed by atoms with Crippen LogP contribution in [0.2, 0.25) is 5.02 Å². The Bertz CT molecular complexity index is 404. The average molecular weight is 272 g/mol. The van der Waals surface area contributed by atoms with Gasteiger partial charge >= 0.3 is 0 Å². The molecule has 4 heteroatoms. The number of halogens is 1. The first kappa shape index (κ1) is 13.1. The molecular formula is C13H18ClNOS. The van der Waals surface area contributed by atoms with Crippen LogP contribution in [0.3, 0.4) is 0 Å². The van der Waals surface area contributed by atoms with E-state index in [-0.39, 0.29) is 10.8 Å². The van der Waals surface area contributed by atoms with E-state index in [4.69, 9.17) is 22.1 Å². The van der Waals surface area contributed by atoms with Crippen molar-refractivity contribution in [3.63, 3.8) is 0 Å². The molecule has 1 fully saturated rings. The van der Waals surface area contributed by atoms with Crippen LogP contribution < -0.4 is 10.5 Å². The van der Waals surface area contributed by atoms with Crippen LogP contribution >= 0.6 is 23.4 Å². The van der Waals surface area contributed by atoms with Crippen molar-refractivity contribution < 1.29 is 4.74 Å². The van der Waals surface area contributed by atoms with E-state index in [2.05, 4.69) is 6.92 Å². The maximum Gasteiger partial charge on any atom is 0.137 e. The van der Waals surface area contributed by atoms with Gasteiger partial charge in [-0.25, -0.2) is 0 Å². The third-order valence-electron chi connectivity index (χ3n) is 3.44. The molecule has 0 bridgehead atoms. The second-order valence-corrected chi connectivity index (χ2v) is 6.67. The molecule has 0 amide bonds. The zero-order chi connectivity index (χ0) is 12.5. The van der Waals surface area contributed by atoms with Gasteiger partial charge in [-0.15, -0.1) is 0 Å². The lowest BCUT2D eigenvalue weighted by Crippen LogP contribution is -2.33. The normalized spacial score (nSPS) is 25.9. The van der Waals surface area contributed by atoms with Crippen molar-refractivity contribution in [2.24, 2.45) is 5.73 Å². The number of hydrogen-bond donors (Lipinski definition) is 1. The second kappa shape index (κ2) is 5.09. The van der Waals surface area contributed by atoms with Crippen LogP contribution in [0.25, 0.3) is 0 Å². The van der Waals surface area contributed by atoms with Crippen LogP contribution in [0.15, 0.2) is 18.2 Å². The topological polar surface area (TPSA) is 35.2 Å². The summed E-state index contributed by atoms with van der Waals surface area (Å²) in [5.41, 5.74) is 7.49. The Kier molecular flexibility index (Phi) is 3.91. The molecule has 1 saturated heterocycles. The van der Waals surface area contributed by atoms with Gasteiger partial charge in [0.25, 0.3) is 0 Å². The van der Waals surface area contributed by atoms with Gasteiger partial charge in [0, 0.05) is 10.8 Å². The Morgan fingerprint density at radius 1 is 1.53 bits per heavy atom. The first-order chi connectivity index (χ1) is 8.07.